The van der Waals surface area contributed by atoms with Gasteiger partial charge in [0.2, 0.25) is 0 Å². The third kappa shape index (κ3) is 13.7. The van der Waals surface area contributed by atoms with Gasteiger partial charge in [0, 0.05) is 12.3 Å². The lowest BCUT2D eigenvalue weighted by Crippen LogP contribution is -2.38. The van der Waals surface area contributed by atoms with E-state index in [9.17, 15) is 24.3 Å². The summed E-state index contributed by atoms with van der Waals surface area (Å²) in [6, 6.07) is 2.88. The third-order valence-electron chi connectivity index (χ3n) is 6.39. The molecule has 1 aromatic rings. The zero-order chi connectivity index (χ0) is 30.9. The number of hydrogen-bond donors (Lipinski definition) is 2. The van der Waals surface area contributed by atoms with Gasteiger partial charge in [0.05, 0.1) is 6.10 Å². The molecular weight excluding hydrogens is 534 g/mol. The molecule has 3 N–H and O–H groups in total. The first-order valence-electron chi connectivity index (χ1n) is 14.5. The molecular formula is C30H47NO10. The van der Waals surface area contributed by atoms with Crippen LogP contribution in [0.3, 0.4) is 0 Å². The number of benzene rings is 1. The highest BCUT2D eigenvalue weighted by Crippen LogP contribution is 2.35. The highest BCUT2D eigenvalue weighted by atomic mass is 16.7. The normalized spacial score (nSPS) is 14.6. The molecule has 0 saturated carbocycles. The zero-order valence-corrected chi connectivity index (χ0v) is 25.2. The summed E-state index contributed by atoms with van der Waals surface area (Å²) in [4.78, 5) is 49.0. The van der Waals surface area contributed by atoms with Crippen LogP contribution in [0, 0.1) is 0 Å². The Labute approximate surface area is 243 Å². The van der Waals surface area contributed by atoms with Crippen LogP contribution in [0.4, 0.5) is 9.59 Å². The molecule has 1 rings (SSSR count). The predicted octanol–water partition coefficient (Wildman–Crippen LogP) is 6.49. The number of nitrogens with two attached hydrogens (primary N) is 1. The molecule has 1 aromatic carbocycles. The van der Waals surface area contributed by atoms with E-state index in [1.165, 1.54) is 18.2 Å². The number of unbranched alkanes of at least 4 members (excludes halogenated alkanes) is 2. The molecule has 4 unspecified atom stereocenters. The summed E-state index contributed by atoms with van der Waals surface area (Å²) in [7, 11) is 0. The second kappa shape index (κ2) is 18.9. The fourth-order valence-corrected chi connectivity index (χ4v) is 4.28. The van der Waals surface area contributed by atoms with Crippen molar-refractivity contribution in [2.45, 2.75) is 130 Å². The predicted molar refractivity (Wildman–Crippen MR) is 152 cm³/mol. The second-order valence-electron chi connectivity index (χ2n) is 10.3. The molecule has 0 aliphatic heterocycles. The first-order valence-corrected chi connectivity index (χ1v) is 14.5. The summed E-state index contributed by atoms with van der Waals surface area (Å²) in [5, 5.41) is 9.69. The minimum Gasteiger partial charge on any atom is -0.480 e. The number of ether oxygens (including phenoxy) is 5. The fraction of sp³-hybridized carbons (Fsp3) is 0.667. The number of rotatable bonds is 18. The zero-order valence-electron chi connectivity index (χ0n) is 25.2. The molecule has 0 fully saturated rings. The van der Waals surface area contributed by atoms with Crippen LogP contribution in [0.15, 0.2) is 18.2 Å². The summed E-state index contributed by atoms with van der Waals surface area (Å²) >= 11 is 0. The molecule has 0 aliphatic rings. The van der Waals surface area contributed by atoms with E-state index in [1.807, 2.05) is 20.8 Å². The Balaban J connectivity index is 3.28. The lowest BCUT2D eigenvalue weighted by Gasteiger charge is -2.25. The van der Waals surface area contributed by atoms with Gasteiger partial charge in [-0.05, 0) is 64.2 Å². The number of carboxylic acid groups (broad SMARTS) is 1. The maximum atomic E-state index is 12.5. The van der Waals surface area contributed by atoms with Gasteiger partial charge in [-0.3, -0.25) is 9.59 Å². The van der Waals surface area contributed by atoms with E-state index in [2.05, 4.69) is 0 Å². The fourth-order valence-electron chi connectivity index (χ4n) is 4.28. The van der Waals surface area contributed by atoms with E-state index in [-0.39, 0.29) is 36.4 Å². The van der Waals surface area contributed by atoms with E-state index in [4.69, 9.17) is 29.4 Å². The second-order valence-corrected chi connectivity index (χ2v) is 10.3. The molecule has 0 bridgehead atoms. The summed E-state index contributed by atoms with van der Waals surface area (Å²) in [5.41, 5.74) is 6.42. The Morgan fingerprint density at radius 3 is 1.85 bits per heavy atom. The number of carbonyl (C=O) groups is 4. The molecule has 0 radical (unpaired) electrons. The number of carbonyl (C=O) groups excluding carboxylic acids is 3. The Hall–Kier alpha value is -3.34. The molecule has 5 atom stereocenters. The number of hydrogen-bond acceptors (Lipinski definition) is 10. The number of carboxylic acids is 1. The Bertz CT molecular complexity index is 982. The van der Waals surface area contributed by atoms with Gasteiger partial charge in [0.1, 0.15) is 18.2 Å². The summed E-state index contributed by atoms with van der Waals surface area (Å²) in [5.74, 6) is -2.78. The van der Waals surface area contributed by atoms with Crippen LogP contribution in [-0.2, 0) is 23.8 Å². The Morgan fingerprint density at radius 1 is 0.780 bits per heavy atom. The van der Waals surface area contributed by atoms with E-state index >= 15 is 0 Å². The molecule has 232 valence electrons. The van der Waals surface area contributed by atoms with Gasteiger partial charge in [-0.25, -0.2) is 9.59 Å². The van der Waals surface area contributed by atoms with Crippen LogP contribution in [0.1, 0.15) is 111 Å². The summed E-state index contributed by atoms with van der Waals surface area (Å²) in [6.45, 7) is 11.0. The number of esters is 1. The van der Waals surface area contributed by atoms with Crippen LogP contribution in [0.2, 0.25) is 0 Å². The highest BCUT2D eigenvalue weighted by molar-refractivity contribution is 5.75. The minimum atomic E-state index is -1.37. The largest absolute Gasteiger partial charge is 0.514 e. The Morgan fingerprint density at radius 2 is 1.34 bits per heavy atom. The number of aliphatic carboxylic acids is 1. The molecule has 0 saturated heterocycles. The van der Waals surface area contributed by atoms with E-state index in [0.717, 1.165) is 25.7 Å². The van der Waals surface area contributed by atoms with Gasteiger partial charge in [-0.2, -0.15) is 0 Å². The van der Waals surface area contributed by atoms with Gasteiger partial charge >= 0.3 is 24.2 Å². The van der Waals surface area contributed by atoms with Crippen molar-refractivity contribution in [2.24, 2.45) is 5.73 Å². The minimum absolute atomic E-state index is 0.0845. The van der Waals surface area contributed by atoms with Crippen LogP contribution in [-0.4, -0.2) is 53.7 Å². The quantitative estimate of drug-likeness (QED) is 0.0843. The third-order valence-corrected chi connectivity index (χ3v) is 6.39. The smallest absolute Gasteiger partial charge is 0.480 e. The monoisotopic (exact) mass is 581 g/mol. The summed E-state index contributed by atoms with van der Waals surface area (Å²) in [6.07, 6.45) is 2.30. The maximum absolute atomic E-state index is 12.5. The van der Waals surface area contributed by atoms with Crippen molar-refractivity contribution >= 4 is 24.2 Å². The van der Waals surface area contributed by atoms with Crippen molar-refractivity contribution in [3.63, 3.8) is 0 Å². The molecule has 0 amide bonds. The van der Waals surface area contributed by atoms with Crippen molar-refractivity contribution in [1.82, 2.24) is 0 Å². The van der Waals surface area contributed by atoms with Crippen LogP contribution in [0.25, 0.3) is 0 Å². The van der Waals surface area contributed by atoms with Crippen molar-refractivity contribution in [3.8, 4) is 11.5 Å². The Kier molecular flexibility index (Phi) is 16.5. The van der Waals surface area contributed by atoms with Gasteiger partial charge in [-0.1, -0.05) is 52.5 Å². The highest BCUT2D eigenvalue weighted by Gasteiger charge is 2.30. The first kappa shape index (κ1) is 35.7. The van der Waals surface area contributed by atoms with Crippen molar-refractivity contribution in [3.05, 3.63) is 23.8 Å². The molecule has 0 heterocycles. The molecule has 0 spiro atoms. The molecule has 0 aliphatic carbocycles. The first-order chi connectivity index (χ1) is 19.4. The standard InChI is InChI=1S/C30H47NO10/c1-7-10-11-14-26(32)37-21(6)17-23(27(31)28(33)34)22-15-16-24(40-29(35)38-19(4)12-8-2)25(18-22)41-30(36)39-20(5)13-9-3/h15-16,18-21,23,27H,7-14,17,31H2,1-6H3,(H,33,34)/t19?,20?,21?,23?,27-/m0/s1. The average Bonchev–Trinajstić information content (AvgIpc) is 2.88. The van der Waals surface area contributed by atoms with Gasteiger partial charge in [0.25, 0.3) is 0 Å². The van der Waals surface area contributed by atoms with Crippen LogP contribution >= 0.6 is 0 Å². The maximum Gasteiger partial charge on any atom is 0.514 e. The van der Waals surface area contributed by atoms with Gasteiger partial charge < -0.3 is 34.5 Å². The molecule has 0 aromatic heterocycles. The lowest BCUT2D eigenvalue weighted by atomic mass is 9.87. The lowest BCUT2D eigenvalue weighted by molar-refractivity contribution is -0.149. The SMILES string of the molecule is CCCCCC(=O)OC(C)CC(c1ccc(OC(=O)OC(C)CCC)c(OC(=O)OC(C)CCC)c1)[C@H](N)C(=O)O. The molecule has 41 heavy (non-hydrogen) atoms. The average molecular weight is 582 g/mol. The van der Waals surface area contributed by atoms with Crippen molar-refractivity contribution in [1.29, 1.82) is 0 Å². The summed E-state index contributed by atoms with van der Waals surface area (Å²) < 4.78 is 26.7. The molecule has 11 nitrogen and oxygen atoms in total. The molecule has 11 heteroatoms. The van der Waals surface area contributed by atoms with Crippen molar-refractivity contribution in [2.75, 3.05) is 0 Å². The van der Waals surface area contributed by atoms with Crippen molar-refractivity contribution < 1.29 is 48.0 Å². The van der Waals surface area contributed by atoms with Gasteiger partial charge in [-0.15, -0.1) is 0 Å². The van der Waals surface area contributed by atoms with E-state index in [1.54, 1.807) is 20.8 Å². The topological polar surface area (TPSA) is 161 Å². The van der Waals surface area contributed by atoms with E-state index in [0.29, 0.717) is 24.8 Å². The van der Waals surface area contributed by atoms with Gasteiger partial charge in [0.15, 0.2) is 11.5 Å². The van der Waals surface area contributed by atoms with Crippen LogP contribution < -0.4 is 15.2 Å². The van der Waals surface area contributed by atoms with Crippen LogP contribution in [0.5, 0.6) is 11.5 Å². The van der Waals surface area contributed by atoms with E-state index < -0.39 is 42.4 Å².